The maximum atomic E-state index is 4.98. The molecule has 0 rings (SSSR count). The Morgan fingerprint density at radius 2 is 1.83 bits per heavy atom. The van der Waals surface area contributed by atoms with Crippen molar-refractivity contribution in [1.82, 2.24) is 5.32 Å². The second kappa shape index (κ2) is 9.01. The molecule has 0 saturated heterocycles. The van der Waals surface area contributed by atoms with E-state index in [1.807, 2.05) is 7.05 Å². The number of nitrogens with one attached hydrogen (secondary N) is 1. The third-order valence-electron chi connectivity index (χ3n) is 2.23. The van der Waals surface area contributed by atoms with Crippen LogP contribution in [0.4, 0.5) is 0 Å². The first-order chi connectivity index (χ1) is 5.81. The van der Waals surface area contributed by atoms with Gasteiger partial charge in [-0.2, -0.15) is 0 Å². The van der Waals surface area contributed by atoms with Crippen LogP contribution in [0.15, 0.2) is 0 Å². The lowest BCUT2D eigenvalue weighted by molar-refractivity contribution is 0.192. The summed E-state index contributed by atoms with van der Waals surface area (Å²) in [5.41, 5.74) is 0. The first kappa shape index (κ1) is 11.9. The van der Waals surface area contributed by atoms with Gasteiger partial charge in [-0.15, -0.1) is 0 Å². The van der Waals surface area contributed by atoms with Gasteiger partial charge in [0.2, 0.25) is 0 Å². The van der Waals surface area contributed by atoms with Crippen molar-refractivity contribution < 1.29 is 4.74 Å². The Balaban J connectivity index is 2.90. The van der Waals surface area contributed by atoms with Crippen LogP contribution < -0.4 is 5.32 Å². The Kier molecular flexibility index (Phi) is 8.95. The molecule has 0 amide bonds. The van der Waals surface area contributed by atoms with Gasteiger partial charge in [0.1, 0.15) is 0 Å². The summed E-state index contributed by atoms with van der Waals surface area (Å²) in [5.74, 6) is 0. The molecule has 1 unspecified atom stereocenters. The van der Waals surface area contributed by atoms with Crippen molar-refractivity contribution in [2.75, 3.05) is 20.8 Å². The molecule has 1 N–H and O–H groups in total. The largest absolute Gasteiger partial charge is 0.385 e. The van der Waals surface area contributed by atoms with Crippen molar-refractivity contribution in [3.8, 4) is 0 Å². The van der Waals surface area contributed by atoms with E-state index in [9.17, 15) is 0 Å². The Bertz CT molecular complexity index is 85.9. The van der Waals surface area contributed by atoms with Gasteiger partial charge in [0.25, 0.3) is 0 Å². The Hall–Kier alpha value is -0.0800. The molecular formula is C10H23NO. The van der Waals surface area contributed by atoms with Gasteiger partial charge in [0.05, 0.1) is 0 Å². The average molecular weight is 173 g/mol. The number of methoxy groups -OCH3 is 1. The lowest BCUT2D eigenvalue weighted by atomic mass is 10.1. The Labute approximate surface area is 76.7 Å². The monoisotopic (exact) mass is 173 g/mol. The predicted octanol–water partition coefficient (Wildman–Crippen LogP) is 2.19. The smallest absolute Gasteiger partial charge is 0.0462 e. The quantitative estimate of drug-likeness (QED) is 0.568. The van der Waals surface area contributed by atoms with Gasteiger partial charge in [0.15, 0.2) is 0 Å². The summed E-state index contributed by atoms with van der Waals surface area (Å²) >= 11 is 0. The minimum Gasteiger partial charge on any atom is -0.385 e. The van der Waals surface area contributed by atoms with Crippen molar-refractivity contribution in [3.63, 3.8) is 0 Å². The zero-order valence-electron chi connectivity index (χ0n) is 8.73. The minimum atomic E-state index is 0.674. The van der Waals surface area contributed by atoms with Crippen molar-refractivity contribution in [3.05, 3.63) is 0 Å². The van der Waals surface area contributed by atoms with Gasteiger partial charge in [-0.1, -0.05) is 19.3 Å². The summed E-state index contributed by atoms with van der Waals surface area (Å²) in [5, 5.41) is 3.24. The van der Waals surface area contributed by atoms with Gasteiger partial charge in [-0.25, -0.2) is 0 Å². The maximum absolute atomic E-state index is 4.98. The fourth-order valence-corrected chi connectivity index (χ4v) is 1.19. The molecule has 0 spiro atoms. The SMILES string of the molecule is CNC(C)CCCCCCOC. The van der Waals surface area contributed by atoms with Gasteiger partial charge < -0.3 is 10.1 Å². The Morgan fingerprint density at radius 3 is 2.42 bits per heavy atom. The zero-order valence-corrected chi connectivity index (χ0v) is 8.73. The average Bonchev–Trinajstić information content (AvgIpc) is 2.10. The van der Waals surface area contributed by atoms with E-state index in [0.717, 1.165) is 6.61 Å². The number of hydrogen-bond donors (Lipinski definition) is 1. The first-order valence-corrected chi connectivity index (χ1v) is 4.97. The first-order valence-electron chi connectivity index (χ1n) is 4.97. The van der Waals surface area contributed by atoms with Crippen LogP contribution in [0.3, 0.4) is 0 Å². The van der Waals surface area contributed by atoms with Crippen LogP contribution in [-0.4, -0.2) is 26.8 Å². The molecule has 12 heavy (non-hydrogen) atoms. The second-order valence-corrected chi connectivity index (χ2v) is 3.39. The molecule has 0 radical (unpaired) electrons. The van der Waals surface area contributed by atoms with Gasteiger partial charge in [0, 0.05) is 19.8 Å². The summed E-state index contributed by atoms with van der Waals surface area (Å²) < 4.78 is 4.98. The molecule has 1 atom stereocenters. The van der Waals surface area contributed by atoms with E-state index in [0.29, 0.717) is 6.04 Å². The molecule has 0 aliphatic heterocycles. The van der Waals surface area contributed by atoms with E-state index in [2.05, 4.69) is 12.2 Å². The molecule has 74 valence electrons. The molecule has 0 saturated carbocycles. The lowest BCUT2D eigenvalue weighted by Gasteiger charge is -2.08. The molecule has 0 bridgehead atoms. The molecule has 0 heterocycles. The predicted molar refractivity (Wildman–Crippen MR) is 53.5 cm³/mol. The second-order valence-electron chi connectivity index (χ2n) is 3.39. The summed E-state index contributed by atoms with van der Waals surface area (Å²) in [4.78, 5) is 0. The van der Waals surface area contributed by atoms with Crippen molar-refractivity contribution >= 4 is 0 Å². The summed E-state index contributed by atoms with van der Waals surface area (Å²) in [6.45, 7) is 3.15. The minimum absolute atomic E-state index is 0.674. The van der Waals surface area contributed by atoms with Gasteiger partial charge in [-0.3, -0.25) is 0 Å². The third-order valence-corrected chi connectivity index (χ3v) is 2.23. The summed E-state index contributed by atoms with van der Waals surface area (Å²) in [6, 6.07) is 0.674. The van der Waals surface area contributed by atoms with Crippen molar-refractivity contribution in [2.24, 2.45) is 0 Å². The molecule has 2 nitrogen and oxygen atoms in total. The molecule has 2 heteroatoms. The van der Waals surface area contributed by atoms with Crippen molar-refractivity contribution in [1.29, 1.82) is 0 Å². The van der Waals surface area contributed by atoms with Gasteiger partial charge in [-0.05, 0) is 26.8 Å². The molecule has 0 fully saturated rings. The Morgan fingerprint density at radius 1 is 1.17 bits per heavy atom. The highest BCUT2D eigenvalue weighted by atomic mass is 16.5. The van der Waals surface area contributed by atoms with E-state index in [1.165, 1.54) is 32.1 Å². The zero-order chi connectivity index (χ0) is 9.23. The topological polar surface area (TPSA) is 21.3 Å². The molecule has 0 aromatic rings. The van der Waals surface area contributed by atoms with Crippen LogP contribution in [-0.2, 0) is 4.74 Å². The van der Waals surface area contributed by atoms with Crippen LogP contribution in [0.5, 0.6) is 0 Å². The highest BCUT2D eigenvalue weighted by Crippen LogP contribution is 2.05. The normalized spacial score (nSPS) is 13.2. The lowest BCUT2D eigenvalue weighted by Crippen LogP contribution is -2.20. The highest BCUT2D eigenvalue weighted by Gasteiger charge is 1.96. The fourth-order valence-electron chi connectivity index (χ4n) is 1.19. The van der Waals surface area contributed by atoms with Crippen LogP contribution in [0.1, 0.15) is 39.0 Å². The van der Waals surface area contributed by atoms with Crippen LogP contribution in [0.25, 0.3) is 0 Å². The van der Waals surface area contributed by atoms with Gasteiger partial charge >= 0.3 is 0 Å². The summed E-state index contributed by atoms with van der Waals surface area (Å²) in [6.07, 6.45) is 6.50. The standard InChI is InChI=1S/C10H23NO/c1-10(11-2)8-6-4-5-7-9-12-3/h10-11H,4-9H2,1-3H3. The van der Waals surface area contributed by atoms with E-state index < -0.39 is 0 Å². The highest BCUT2D eigenvalue weighted by molar-refractivity contribution is 4.56. The number of rotatable bonds is 8. The molecule has 0 aromatic heterocycles. The number of hydrogen-bond acceptors (Lipinski definition) is 2. The fraction of sp³-hybridized carbons (Fsp3) is 1.00. The molecule has 0 aliphatic carbocycles. The molecule has 0 aliphatic rings. The van der Waals surface area contributed by atoms with E-state index in [4.69, 9.17) is 4.74 Å². The van der Waals surface area contributed by atoms with E-state index >= 15 is 0 Å². The molecule has 0 aromatic carbocycles. The van der Waals surface area contributed by atoms with Crippen LogP contribution in [0.2, 0.25) is 0 Å². The van der Waals surface area contributed by atoms with Crippen LogP contribution >= 0.6 is 0 Å². The molecular weight excluding hydrogens is 150 g/mol. The maximum Gasteiger partial charge on any atom is 0.0462 e. The van der Waals surface area contributed by atoms with E-state index in [1.54, 1.807) is 7.11 Å². The van der Waals surface area contributed by atoms with E-state index in [-0.39, 0.29) is 0 Å². The van der Waals surface area contributed by atoms with Crippen molar-refractivity contribution in [2.45, 2.75) is 45.1 Å². The number of unbranched alkanes of at least 4 members (excludes halogenated alkanes) is 3. The number of ether oxygens (including phenoxy) is 1. The van der Waals surface area contributed by atoms with Crippen LogP contribution in [0, 0.1) is 0 Å². The summed E-state index contributed by atoms with van der Waals surface area (Å²) in [7, 11) is 3.79. The third kappa shape index (κ3) is 8.02.